The molecule has 1 heterocycles. The normalized spacial score (nSPS) is 68.3. The molecule has 4 N–H and O–H groups in total. The minimum Gasteiger partial charge on any atom is -0.393 e. The lowest BCUT2D eigenvalue weighted by Crippen LogP contribution is -2.75. The summed E-state index contributed by atoms with van der Waals surface area (Å²) in [6, 6.07) is 0.198. The predicted molar refractivity (Wildman–Crippen MR) is 95.1 cm³/mol. The van der Waals surface area contributed by atoms with Gasteiger partial charge in [-0.1, -0.05) is 13.8 Å². The van der Waals surface area contributed by atoms with Crippen LogP contribution in [0.3, 0.4) is 0 Å². The number of fused-ring (bicyclic) bond motifs is 2. The first-order valence-electron chi connectivity index (χ1n) is 10.8. The summed E-state index contributed by atoms with van der Waals surface area (Å²) < 4.78 is 0. The maximum absolute atomic E-state index is 11.9. The molecule has 26 heavy (non-hydrogen) atoms. The van der Waals surface area contributed by atoms with Gasteiger partial charge in [-0.3, -0.25) is 4.90 Å². The molecular weight excluding hydrogens is 330 g/mol. The molecular formula is C21H33NO4. The molecule has 1 spiro atoms. The Morgan fingerprint density at radius 1 is 1.12 bits per heavy atom. The maximum atomic E-state index is 11.9. The van der Waals surface area contributed by atoms with Gasteiger partial charge in [0.05, 0.1) is 23.9 Å². The van der Waals surface area contributed by atoms with E-state index >= 15 is 0 Å². The molecule has 5 nitrogen and oxygen atoms in total. The standard InChI is InChI=1S/C21H33NO4/c1-3-22-9-19(2)5-4-15(24)21-11-6-10-13(23)8-20(26,16(11)17(10)25)12(18(21)22)7-14(19)21/h10-18,23-26H,3-9H2,1-2H3/t10-,11-,12+,13+,14-,15+,16-,17+,18?,19+,20+,21-/m1/s1. The highest BCUT2D eigenvalue weighted by molar-refractivity contribution is 5.32. The Bertz CT molecular complexity index is 658. The first-order valence-corrected chi connectivity index (χ1v) is 10.8. The number of hydrogen-bond acceptors (Lipinski definition) is 5. The van der Waals surface area contributed by atoms with Crippen molar-refractivity contribution < 1.29 is 20.4 Å². The van der Waals surface area contributed by atoms with Crippen molar-refractivity contribution >= 4 is 0 Å². The Kier molecular flexibility index (Phi) is 3.01. The van der Waals surface area contributed by atoms with Crippen molar-refractivity contribution in [3.8, 4) is 0 Å². The number of hydrogen-bond donors (Lipinski definition) is 4. The Balaban J connectivity index is 1.61. The van der Waals surface area contributed by atoms with E-state index in [1.807, 2.05) is 0 Å². The van der Waals surface area contributed by atoms with Gasteiger partial charge in [0.25, 0.3) is 0 Å². The minimum atomic E-state index is -0.984. The topological polar surface area (TPSA) is 84.2 Å². The van der Waals surface area contributed by atoms with Crippen molar-refractivity contribution in [3.05, 3.63) is 0 Å². The van der Waals surface area contributed by atoms with Crippen LogP contribution in [0.4, 0.5) is 0 Å². The van der Waals surface area contributed by atoms with Crippen LogP contribution in [0.2, 0.25) is 0 Å². The van der Waals surface area contributed by atoms with Crippen molar-refractivity contribution in [1.29, 1.82) is 0 Å². The fourth-order valence-electron chi connectivity index (χ4n) is 9.83. The van der Waals surface area contributed by atoms with E-state index in [9.17, 15) is 20.4 Å². The number of aliphatic hydroxyl groups is 4. The molecule has 1 saturated heterocycles. The third-order valence-electron chi connectivity index (χ3n) is 10.4. The second-order valence-corrected chi connectivity index (χ2v) is 10.9. The number of rotatable bonds is 1. The van der Waals surface area contributed by atoms with Gasteiger partial charge in [0, 0.05) is 42.2 Å². The van der Waals surface area contributed by atoms with Crippen LogP contribution in [0.25, 0.3) is 0 Å². The third-order valence-corrected chi connectivity index (χ3v) is 10.4. The van der Waals surface area contributed by atoms with E-state index < -0.39 is 17.8 Å². The molecule has 5 heteroatoms. The summed E-state index contributed by atoms with van der Waals surface area (Å²) in [4.78, 5) is 2.55. The summed E-state index contributed by atoms with van der Waals surface area (Å²) in [5, 5.41) is 45.1. The van der Waals surface area contributed by atoms with Gasteiger partial charge >= 0.3 is 0 Å². The molecule has 1 aliphatic heterocycles. The van der Waals surface area contributed by atoms with Gasteiger partial charge in [0.15, 0.2) is 0 Å². The molecule has 146 valence electrons. The molecule has 5 aliphatic carbocycles. The Hall–Kier alpha value is -0.200. The predicted octanol–water partition coefficient (Wildman–Crippen LogP) is 0.596. The summed E-state index contributed by atoms with van der Waals surface area (Å²) in [5.74, 6) is 0.319. The largest absolute Gasteiger partial charge is 0.393 e. The number of likely N-dealkylation sites (tertiary alicyclic amines) is 1. The van der Waals surface area contributed by atoms with Crippen LogP contribution in [0, 0.1) is 40.4 Å². The summed E-state index contributed by atoms with van der Waals surface area (Å²) in [6.07, 6.45) is 2.44. The lowest BCUT2D eigenvalue weighted by Gasteiger charge is -2.68. The van der Waals surface area contributed by atoms with Gasteiger partial charge < -0.3 is 20.4 Å². The summed E-state index contributed by atoms with van der Waals surface area (Å²) in [6.45, 7) is 6.61. The van der Waals surface area contributed by atoms with Crippen LogP contribution in [-0.2, 0) is 0 Å². The quantitative estimate of drug-likeness (QED) is 0.548. The van der Waals surface area contributed by atoms with Crippen LogP contribution in [-0.4, -0.2) is 68.4 Å². The zero-order valence-electron chi connectivity index (χ0n) is 15.9. The first kappa shape index (κ1) is 16.7. The second kappa shape index (κ2) is 4.68. The highest BCUT2D eigenvalue weighted by Gasteiger charge is 2.82. The van der Waals surface area contributed by atoms with Crippen molar-refractivity contribution in [3.63, 3.8) is 0 Å². The molecule has 0 aromatic heterocycles. The smallest absolute Gasteiger partial charge is 0.0771 e. The van der Waals surface area contributed by atoms with E-state index in [0.29, 0.717) is 12.3 Å². The number of aliphatic hydroxyl groups excluding tert-OH is 3. The average Bonchev–Trinajstić information content (AvgIpc) is 3.03. The van der Waals surface area contributed by atoms with Crippen molar-refractivity contribution in [1.82, 2.24) is 4.90 Å². The molecule has 0 aromatic carbocycles. The number of nitrogens with zero attached hydrogens (tertiary/aromatic N) is 1. The fourth-order valence-corrected chi connectivity index (χ4v) is 9.83. The number of piperidine rings is 1. The highest BCUT2D eigenvalue weighted by Crippen LogP contribution is 2.78. The molecule has 0 amide bonds. The van der Waals surface area contributed by atoms with E-state index in [2.05, 4.69) is 18.7 Å². The zero-order valence-corrected chi connectivity index (χ0v) is 15.9. The van der Waals surface area contributed by atoms with Crippen LogP contribution < -0.4 is 0 Å². The summed E-state index contributed by atoms with van der Waals surface area (Å²) in [5.41, 5.74) is -0.998. The molecule has 0 radical (unpaired) electrons. The van der Waals surface area contributed by atoms with E-state index in [-0.39, 0.29) is 46.6 Å². The van der Waals surface area contributed by atoms with Crippen molar-refractivity contribution in [2.45, 2.75) is 75.9 Å². The van der Waals surface area contributed by atoms with Crippen molar-refractivity contribution in [2.24, 2.45) is 40.4 Å². The SMILES string of the molecule is CCN1C[C@]2(C)CC[C@H](O)[C@]34C1[C@H](C[C@H]23)[C@@]1(O)C[C@H](O)[C@H]2C[C@@H]4[C@@H]1[C@H]2O. The molecule has 6 aliphatic rings. The van der Waals surface area contributed by atoms with E-state index in [1.165, 1.54) is 0 Å². The Morgan fingerprint density at radius 2 is 1.88 bits per heavy atom. The summed E-state index contributed by atoms with van der Waals surface area (Å²) in [7, 11) is 0. The van der Waals surface area contributed by atoms with Gasteiger partial charge in [-0.2, -0.15) is 0 Å². The third kappa shape index (κ3) is 1.47. The molecule has 6 rings (SSSR count). The van der Waals surface area contributed by atoms with Crippen LogP contribution >= 0.6 is 0 Å². The van der Waals surface area contributed by atoms with Gasteiger partial charge in [0.2, 0.25) is 0 Å². The van der Waals surface area contributed by atoms with E-state index in [4.69, 9.17) is 0 Å². The molecule has 5 saturated carbocycles. The van der Waals surface area contributed by atoms with E-state index in [0.717, 1.165) is 38.8 Å². The van der Waals surface area contributed by atoms with Gasteiger partial charge in [-0.15, -0.1) is 0 Å². The van der Waals surface area contributed by atoms with Gasteiger partial charge in [-0.25, -0.2) is 0 Å². The van der Waals surface area contributed by atoms with E-state index in [1.54, 1.807) is 0 Å². The van der Waals surface area contributed by atoms with Crippen molar-refractivity contribution in [2.75, 3.05) is 13.1 Å². The second-order valence-electron chi connectivity index (χ2n) is 10.9. The molecule has 7 bridgehead atoms. The minimum absolute atomic E-state index is 0.0617. The van der Waals surface area contributed by atoms with Crippen LogP contribution in [0.15, 0.2) is 0 Å². The highest BCUT2D eigenvalue weighted by atomic mass is 16.3. The Labute approximate surface area is 155 Å². The first-order chi connectivity index (χ1) is 12.3. The lowest BCUT2D eigenvalue weighted by atomic mass is 9.43. The molecule has 6 fully saturated rings. The van der Waals surface area contributed by atoms with Crippen LogP contribution in [0.1, 0.15) is 46.0 Å². The fraction of sp³-hybridized carbons (Fsp3) is 1.00. The summed E-state index contributed by atoms with van der Waals surface area (Å²) >= 11 is 0. The van der Waals surface area contributed by atoms with Gasteiger partial charge in [0.1, 0.15) is 0 Å². The monoisotopic (exact) mass is 363 g/mol. The maximum Gasteiger partial charge on any atom is 0.0771 e. The average molecular weight is 363 g/mol. The van der Waals surface area contributed by atoms with Crippen LogP contribution in [0.5, 0.6) is 0 Å². The Morgan fingerprint density at radius 3 is 2.62 bits per heavy atom. The van der Waals surface area contributed by atoms with Gasteiger partial charge in [-0.05, 0) is 49.5 Å². The molecule has 12 atom stereocenters. The molecule has 1 unspecified atom stereocenters. The molecule has 0 aromatic rings. The zero-order chi connectivity index (χ0) is 18.2. The lowest BCUT2D eigenvalue weighted by molar-refractivity contribution is -0.265.